The number of pyridine rings is 1. The molecule has 1 atom stereocenters. The molecule has 1 saturated heterocycles. The zero-order valence-corrected chi connectivity index (χ0v) is 18.4. The summed E-state index contributed by atoms with van der Waals surface area (Å²) in [5.41, 5.74) is 1.91. The Balaban J connectivity index is 1.40. The highest BCUT2D eigenvalue weighted by molar-refractivity contribution is 7.89. The Hall–Kier alpha value is -3.32. The second-order valence-electron chi connectivity index (χ2n) is 7.73. The number of rotatable bonds is 5. The van der Waals surface area contributed by atoms with E-state index in [1.165, 1.54) is 28.6 Å². The normalized spacial score (nSPS) is 17.7. The number of aromatic nitrogens is 1. The van der Waals surface area contributed by atoms with Crippen molar-refractivity contribution in [2.24, 2.45) is 0 Å². The van der Waals surface area contributed by atoms with Gasteiger partial charge < -0.3 is 5.32 Å². The predicted molar refractivity (Wildman–Crippen MR) is 123 cm³/mol. The van der Waals surface area contributed by atoms with Crippen molar-refractivity contribution < 1.29 is 13.2 Å². The highest BCUT2D eigenvalue weighted by Crippen LogP contribution is 2.24. The van der Waals surface area contributed by atoms with Gasteiger partial charge in [-0.25, -0.2) is 13.3 Å². The second-order valence-corrected chi connectivity index (χ2v) is 9.62. The van der Waals surface area contributed by atoms with Crippen LogP contribution < -0.4 is 5.32 Å². The summed E-state index contributed by atoms with van der Waals surface area (Å²) < 4.78 is 27.5. The number of piperazine rings is 1. The molecule has 4 rings (SSSR count). The first-order valence-electron chi connectivity index (χ1n) is 10.2. The van der Waals surface area contributed by atoms with Gasteiger partial charge >= 0.3 is 0 Å². The van der Waals surface area contributed by atoms with Crippen molar-refractivity contribution in [3.05, 3.63) is 72.2 Å². The van der Waals surface area contributed by atoms with E-state index in [-0.39, 0.29) is 23.4 Å². The third kappa shape index (κ3) is 4.48. The van der Waals surface area contributed by atoms with Crippen LogP contribution in [0.3, 0.4) is 0 Å². The molecule has 3 aromatic rings. The minimum atomic E-state index is -3.66. The van der Waals surface area contributed by atoms with Crippen molar-refractivity contribution in [2.75, 3.05) is 31.5 Å². The van der Waals surface area contributed by atoms with Crippen molar-refractivity contribution in [3.63, 3.8) is 0 Å². The van der Waals surface area contributed by atoms with E-state index < -0.39 is 10.0 Å². The highest BCUT2D eigenvalue weighted by atomic mass is 32.2. The molecule has 1 fully saturated rings. The topological polar surface area (TPSA) is 87.0 Å². The first kappa shape index (κ1) is 21.9. The van der Waals surface area contributed by atoms with E-state index in [1.807, 2.05) is 42.2 Å². The quantitative estimate of drug-likeness (QED) is 0.605. The minimum Gasteiger partial charge on any atom is -0.324 e. The summed E-state index contributed by atoms with van der Waals surface area (Å²) in [5, 5.41) is 3.82. The Kier molecular flexibility index (Phi) is 6.19. The molecule has 0 aliphatic carbocycles. The third-order valence-corrected chi connectivity index (χ3v) is 7.54. The lowest BCUT2D eigenvalue weighted by Crippen LogP contribution is -2.55. The zero-order chi connectivity index (χ0) is 22.7. The molecule has 1 aliphatic heterocycles. The maximum absolute atomic E-state index is 13.0. The van der Waals surface area contributed by atoms with Gasteiger partial charge in [0.05, 0.1) is 29.2 Å². The molecule has 0 radical (unpaired) electrons. The fraction of sp³-hybridized carbons (Fsp3) is 0.261. The van der Waals surface area contributed by atoms with Gasteiger partial charge in [-0.3, -0.25) is 14.7 Å². The van der Waals surface area contributed by atoms with E-state index in [0.29, 0.717) is 31.0 Å². The number of carbonyl (C=O) groups excluding carboxylic acids is 1. The van der Waals surface area contributed by atoms with Gasteiger partial charge in [-0.1, -0.05) is 30.3 Å². The molecule has 8 nitrogen and oxygen atoms in total. The van der Waals surface area contributed by atoms with Crippen molar-refractivity contribution in [1.82, 2.24) is 14.2 Å². The van der Waals surface area contributed by atoms with E-state index in [2.05, 4.69) is 15.1 Å². The number of nitrogens with zero attached hydrogens (tertiary/aromatic N) is 4. The standard InChI is InChI=1S/C23H23N5O3S/c1-17-15-27(13-14-28(17)32(30,31)19-10-8-18(24-2)9-11-19)16-23(29)26-22-7-3-6-21-20(22)5-4-12-25-21/h3-12,17H,13-16H2,1H3,(H,26,29)/t17-/m0/s1. The Morgan fingerprint density at radius 3 is 2.66 bits per heavy atom. The van der Waals surface area contributed by atoms with Crippen LogP contribution in [0.2, 0.25) is 0 Å². The largest absolute Gasteiger partial charge is 0.324 e. The number of hydrogen-bond acceptors (Lipinski definition) is 5. The van der Waals surface area contributed by atoms with Gasteiger partial charge in [0.15, 0.2) is 5.69 Å². The lowest BCUT2D eigenvalue weighted by Gasteiger charge is -2.38. The Bertz CT molecular complexity index is 1280. The molecule has 1 aromatic heterocycles. The Morgan fingerprint density at radius 2 is 1.94 bits per heavy atom. The number of amides is 1. The highest BCUT2D eigenvalue weighted by Gasteiger charge is 2.34. The van der Waals surface area contributed by atoms with Crippen LogP contribution >= 0.6 is 0 Å². The SMILES string of the molecule is [C-]#[N+]c1ccc(S(=O)(=O)N2CCN(CC(=O)Nc3cccc4ncccc34)C[C@@H]2C)cc1. The molecule has 32 heavy (non-hydrogen) atoms. The minimum absolute atomic E-state index is 0.153. The summed E-state index contributed by atoms with van der Waals surface area (Å²) in [6.45, 7) is 10.2. The molecule has 0 unspecified atom stereocenters. The summed E-state index contributed by atoms with van der Waals surface area (Å²) in [6.07, 6.45) is 1.71. The number of hydrogen-bond donors (Lipinski definition) is 1. The lowest BCUT2D eigenvalue weighted by molar-refractivity contribution is -0.117. The van der Waals surface area contributed by atoms with Gasteiger partial charge in [0.1, 0.15) is 0 Å². The van der Waals surface area contributed by atoms with E-state index in [0.717, 1.165) is 10.9 Å². The molecule has 0 spiro atoms. The maximum Gasteiger partial charge on any atom is 0.243 e. The van der Waals surface area contributed by atoms with E-state index in [4.69, 9.17) is 6.57 Å². The van der Waals surface area contributed by atoms with Crippen LogP contribution in [0.15, 0.2) is 65.7 Å². The number of nitrogens with one attached hydrogen (secondary N) is 1. The average Bonchev–Trinajstić information content (AvgIpc) is 2.79. The van der Waals surface area contributed by atoms with Crippen LogP contribution in [-0.2, 0) is 14.8 Å². The first-order valence-corrected chi connectivity index (χ1v) is 11.7. The van der Waals surface area contributed by atoms with Crippen LogP contribution in [0, 0.1) is 6.57 Å². The second kappa shape index (κ2) is 9.04. The molecule has 1 N–H and O–H groups in total. The Labute approximate surface area is 187 Å². The fourth-order valence-electron chi connectivity index (χ4n) is 3.95. The van der Waals surface area contributed by atoms with Gasteiger partial charge in [0.25, 0.3) is 0 Å². The summed E-state index contributed by atoms with van der Waals surface area (Å²) in [5.74, 6) is -0.153. The summed E-state index contributed by atoms with van der Waals surface area (Å²) >= 11 is 0. The molecular formula is C23H23N5O3S. The lowest BCUT2D eigenvalue weighted by atomic mass is 10.2. The van der Waals surface area contributed by atoms with Crippen LogP contribution in [0.4, 0.5) is 11.4 Å². The zero-order valence-electron chi connectivity index (χ0n) is 17.6. The Morgan fingerprint density at radius 1 is 1.16 bits per heavy atom. The van der Waals surface area contributed by atoms with Crippen LogP contribution in [0.1, 0.15) is 6.92 Å². The predicted octanol–water partition coefficient (Wildman–Crippen LogP) is 3.12. The number of carbonyl (C=O) groups is 1. The van der Waals surface area contributed by atoms with Crippen LogP contribution in [0.25, 0.3) is 15.7 Å². The summed E-state index contributed by atoms with van der Waals surface area (Å²) in [6, 6.07) is 15.0. The van der Waals surface area contributed by atoms with Gasteiger partial charge in [-0.2, -0.15) is 4.31 Å². The average molecular weight is 450 g/mol. The molecule has 0 bridgehead atoms. The van der Waals surface area contributed by atoms with Gasteiger partial charge in [-0.15, -0.1) is 0 Å². The molecule has 2 aromatic carbocycles. The maximum atomic E-state index is 13.0. The monoisotopic (exact) mass is 449 g/mol. The van der Waals surface area contributed by atoms with Gasteiger partial charge in [-0.05, 0) is 31.2 Å². The molecule has 2 heterocycles. The number of sulfonamides is 1. The molecule has 1 aliphatic rings. The van der Waals surface area contributed by atoms with Gasteiger partial charge in [0.2, 0.25) is 15.9 Å². The molecule has 164 valence electrons. The molecule has 1 amide bonds. The first-order chi connectivity index (χ1) is 15.4. The smallest absolute Gasteiger partial charge is 0.243 e. The van der Waals surface area contributed by atoms with Crippen LogP contribution in [-0.4, -0.2) is 60.7 Å². The summed E-state index contributed by atoms with van der Waals surface area (Å²) in [7, 11) is -3.66. The molecule has 9 heteroatoms. The molecule has 0 saturated carbocycles. The van der Waals surface area contributed by atoms with Crippen LogP contribution in [0.5, 0.6) is 0 Å². The number of benzene rings is 2. The van der Waals surface area contributed by atoms with Crippen molar-refractivity contribution in [2.45, 2.75) is 17.9 Å². The number of fused-ring (bicyclic) bond motifs is 1. The van der Waals surface area contributed by atoms with E-state index >= 15 is 0 Å². The summed E-state index contributed by atoms with van der Waals surface area (Å²) in [4.78, 5) is 22.4. The third-order valence-electron chi connectivity index (χ3n) is 5.51. The van der Waals surface area contributed by atoms with E-state index in [9.17, 15) is 13.2 Å². The molecular weight excluding hydrogens is 426 g/mol. The van der Waals surface area contributed by atoms with E-state index in [1.54, 1.807) is 6.20 Å². The van der Waals surface area contributed by atoms with Crippen molar-refractivity contribution >= 4 is 38.2 Å². The van der Waals surface area contributed by atoms with Gasteiger partial charge in [0, 0.05) is 37.3 Å². The fourth-order valence-corrected chi connectivity index (χ4v) is 5.56. The van der Waals surface area contributed by atoms with Crippen molar-refractivity contribution in [1.29, 1.82) is 0 Å². The number of anilines is 1. The van der Waals surface area contributed by atoms with Crippen molar-refractivity contribution in [3.8, 4) is 0 Å².